The number of anilines is 1. The fourth-order valence-corrected chi connectivity index (χ4v) is 1.58. The summed E-state index contributed by atoms with van der Waals surface area (Å²) in [6, 6.07) is 4.72. The number of benzene rings is 1. The minimum atomic E-state index is -0.954. The molecule has 5 nitrogen and oxygen atoms in total. The van der Waals surface area contributed by atoms with Gasteiger partial charge in [0, 0.05) is 10.2 Å². The molecule has 0 unspecified atom stereocenters. The molecule has 0 saturated carbocycles. The van der Waals surface area contributed by atoms with Crippen molar-refractivity contribution in [1.29, 1.82) is 0 Å². The summed E-state index contributed by atoms with van der Waals surface area (Å²) in [5.41, 5.74) is 6.07. The first-order valence-corrected chi connectivity index (χ1v) is 4.85. The molecular formula is C9H9BrN2O3. The number of hydrogen-bond donors (Lipinski definition) is 3. The van der Waals surface area contributed by atoms with Gasteiger partial charge in [0.25, 0.3) is 0 Å². The number of aliphatic carboxylic acids is 1. The summed E-state index contributed by atoms with van der Waals surface area (Å²) in [6.07, 6.45) is 0. The molecule has 0 aliphatic carbocycles. The summed E-state index contributed by atoms with van der Waals surface area (Å²) in [7, 11) is 0. The number of nitrogens with one attached hydrogen (secondary N) is 1. The van der Waals surface area contributed by atoms with Gasteiger partial charge in [-0.1, -0.05) is 0 Å². The fraction of sp³-hybridized carbons (Fsp3) is 0.111. The minimum absolute atomic E-state index is 0.178. The van der Waals surface area contributed by atoms with Crippen molar-refractivity contribution in [3.63, 3.8) is 0 Å². The van der Waals surface area contributed by atoms with Crippen LogP contribution in [0.2, 0.25) is 0 Å². The van der Waals surface area contributed by atoms with Gasteiger partial charge >= 0.3 is 5.97 Å². The third kappa shape index (κ3) is 3.25. The van der Waals surface area contributed by atoms with E-state index in [1.807, 2.05) is 0 Å². The second kappa shape index (κ2) is 4.79. The molecule has 6 heteroatoms. The smallest absolute Gasteiger partial charge is 0.322 e. The van der Waals surface area contributed by atoms with Crippen LogP contribution in [0.25, 0.3) is 0 Å². The monoisotopic (exact) mass is 272 g/mol. The molecule has 0 heterocycles. The molecular weight excluding hydrogens is 264 g/mol. The molecule has 0 aliphatic rings. The van der Waals surface area contributed by atoms with Gasteiger partial charge in [-0.15, -0.1) is 0 Å². The van der Waals surface area contributed by atoms with Crippen molar-refractivity contribution < 1.29 is 14.7 Å². The molecule has 0 aliphatic heterocycles. The number of carboxylic acid groups (broad SMARTS) is 1. The molecule has 0 fully saturated rings. The largest absolute Gasteiger partial charge is 0.480 e. The molecule has 15 heavy (non-hydrogen) atoms. The Balaban J connectivity index is 2.82. The molecule has 1 rings (SSSR count). The summed E-state index contributed by atoms with van der Waals surface area (Å²) in [4.78, 5) is 21.2. The van der Waals surface area contributed by atoms with Crippen LogP contribution in [0.15, 0.2) is 22.7 Å². The lowest BCUT2D eigenvalue weighted by Crippen LogP contribution is -2.14. The summed E-state index contributed by atoms with van der Waals surface area (Å²) in [5.74, 6) is -1.49. The van der Waals surface area contributed by atoms with Crippen molar-refractivity contribution in [2.24, 2.45) is 5.73 Å². The first kappa shape index (κ1) is 11.5. The van der Waals surface area contributed by atoms with Gasteiger partial charge in [-0.05, 0) is 34.1 Å². The second-order valence-corrected chi connectivity index (χ2v) is 3.66. The lowest BCUT2D eigenvalue weighted by molar-refractivity contribution is -0.134. The van der Waals surface area contributed by atoms with Gasteiger partial charge in [-0.3, -0.25) is 9.59 Å². The van der Waals surface area contributed by atoms with E-state index >= 15 is 0 Å². The average Bonchev–Trinajstić information content (AvgIpc) is 2.14. The minimum Gasteiger partial charge on any atom is -0.480 e. The van der Waals surface area contributed by atoms with Crippen LogP contribution < -0.4 is 11.1 Å². The molecule has 1 amide bonds. The number of nitrogens with two attached hydrogens (primary N) is 1. The topological polar surface area (TPSA) is 92.4 Å². The van der Waals surface area contributed by atoms with Crippen LogP contribution in [0.3, 0.4) is 0 Å². The van der Waals surface area contributed by atoms with E-state index in [0.29, 0.717) is 15.7 Å². The zero-order chi connectivity index (χ0) is 11.4. The second-order valence-electron chi connectivity index (χ2n) is 2.81. The highest BCUT2D eigenvalue weighted by atomic mass is 79.9. The maximum atomic E-state index is 10.9. The predicted molar refractivity (Wildman–Crippen MR) is 58.8 cm³/mol. The Morgan fingerprint density at radius 2 is 2.13 bits per heavy atom. The maximum Gasteiger partial charge on any atom is 0.322 e. The highest BCUT2D eigenvalue weighted by molar-refractivity contribution is 9.10. The fourth-order valence-electron chi connectivity index (χ4n) is 1.00. The van der Waals surface area contributed by atoms with E-state index in [-0.39, 0.29) is 6.54 Å². The highest BCUT2D eigenvalue weighted by Gasteiger charge is 2.06. The van der Waals surface area contributed by atoms with Crippen LogP contribution >= 0.6 is 15.9 Å². The summed E-state index contributed by atoms with van der Waals surface area (Å²) < 4.78 is 0.533. The highest BCUT2D eigenvalue weighted by Crippen LogP contribution is 2.20. The molecule has 0 atom stereocenters. The summed E-state index contributed by atoms with van der Waals surface area (Å²) >= 11 is 3.17. The Morgan fingerprint density at radius 1 is 1.47 bits per heavy atom. The number of carbonyl (C=O) groups is 2. The van der Waals surface area contributed by atoms with E-state index in [1.54, 1.807) is 12.1 Å². The standard InChI is InChI=1S/C9H9BrN2O3/c10-7-3-5(12-4-8(13)14)1-2-6(7)9(11)15/h1-3,12H,4H2,(H2,11,15)(H,13,14). The first-order valence-electron chi connectivity index (χ1n) is 4.05. The van der Waals surface area contributed by atoms with Crippen LogP contribution in [0.5, 0.6) is 0 Å². The number of carboxylic acids is 1. The van der Waals surface area contributed by atoms with E-state index in [9.17, 15) is 9.59 Å². The van der Waals surface area contributed by atoms with Gasteiger partial charge in [0.15, 0.2) is 0 Å². The van der Waals surface area contributed by atoms with Gasteiger partial charge in [-0.2, -0.15) is 0 Å². The van der Waals surface area contributed by atoms with Crippen molar-refractivity contribution in [2.75, 3.05) is 11.9 Å². The number of carbonyl (C=O) groups excluding carboxylic acids is 1. The van der Waals surface area contributed by atoms with Crippen LogP contribution in [0.1, 0.15) is 10.4 Å². The SMILES string of the molecule is NC(=O)c1ccc(NCC(=O)O)cc1Br. The van der Waals surface area contributed by atoms with Gasteiger partial charge in [0.2, 0.25) is 5.91 Å². The van der Waals surface area contributed by atoms with Gasteiger partial charge in [-0.25, -0.2) is 0 Å². The number of amides is 1. The van der Waals surface area contributed by atoms with Crippen molar-refractivity contribution in [3.8, 4) is 0 Å². The Labute approximate surface area is 94.4 Å². The van der Waals surface area contributed by atoms with E-state index < -0.39 is 11.9 Å². The van der Waals surface area contributed by atoms with Crippen LogP contribution in [0, 0.1) is 0 Å². The molecule has 4 N–H and O–H groups in total. The van der Waals surface area contributed by atoms with Gasteiger partial charge < -0.3 is 16.2 Å². The maximum absolute atomic E-state index is 10.9. The number of hydrogen-bond acceptors (Lipinski definition) is 3. The van der Waals surface area contributed by atoms with E-state index in [0.717, 1.165) is 0 Å². The molecule has 80 valence electrons. The zero-order valence-corrected chi connectivity index (χ0v) is 9.24. The molecule has 0 bridgehead atoms. The van der Waals surface area contributed by atoms with Crippen LogP contribution in [-0.4, -0.2) is 23.5 Å². The average molecular weight is 273 g/mol. The Bertz CT molecular complexity index is 406. The van der Waals surface area contributed by atoms with Crippen molar-refractivity contribution in [2.45, 2.75) is 0 Å². The predicted octanol–water partition coefficient (Wildman–Crippen LogP) is 1.04. The molecule has 0 spiro atoms. The zero-order valence-electron chi connectivity index (χ0n) is 7.66. The quantitative estimate of drug-likeness (QED) is 0.764. The number of halogens is 1. The summed E-state index contributed by atoms with van der Waals surface area (Å²) in [6.45, 7) is -0.178. The van der Waals surface area contributed by atoms with Crippen molar-refractivity contribution in [1.82, 2.24) is 0 Å². The normalized spacial score (nSPS) is 9.67. The Kier molecular flexibility index (Phi) is 3.68. The van der Waals surface area contributed by atoms with Gasteiger partial charge in [0.05, 0.1) is 5.56 Å². The lowest BCUT2D eigenvalue weighted by atomic mass is 10.2. The Hall–Kier alpha value is -1.56. The van der Waals surface area contributed by atoms with E-state index in [4.69, 9.17) is 10.8 Å². The van der Waals surface area contributed by atoms with E-state index in [1.165, 1.54) is 6.07 Å². The number of primary amides is 1. The third-order valence-electron chi connectivity index (χ3n) is 1.68. The molecule has 0 saturated heterocycles. The molecule has 1 aromatic rings. The van der Waals surface area contributed by atoms with Gasteiger partial charge in [0.1, 0.15) is 6.54 Å². The van der Waals surface area contributed by atoms with Crippen LogP contribution in [-0.2, 0) is 4.79 Å². The Morgan fingerprint density at radius 3 is 2.60 bits per heavy atom. The third-order valence-corrected chi connectivity index (χ3v) is 2.33. The number of rotatable bonds is 4. The molecule has 1 aromatic carbocycles. The molecule has 0 aromatic heterocycles. The van der Waals surface area contributed by atoms with Crippen molar-refractivity contribution in [3.05, 3.63) is 28.2 Å². The first-order chi connectivity index (χ1) is 7.00. The van der Waals surface area contributed by atoms with Crippen LogP contribution in [0.4, 0.5) is 5.69 Å². The van der Waals surface area contributed by atoms with Crippen molar-refractivity contribution >= 4 is 33.5 Å². The molecule has 0 radical (unpaired) electrons. The van der Waals surface area contributed by atoms with E-state index in [2.05, 4.69) is 21.2 Å². The summed E-state index contributed by atoms with van der Waals surface area (Å²) in [5, 5.41) is 11.1. The lowest BCUT2D eigenvalue weighted by Gasteiger charge is -2.05.